The average Bonchev–Trinajstić information content (AvgIpc) is 2.66. The molecule has 1 aromatic heterocycles. The van der Waals surface area contributed by atoms with Crippen molar-refractivity contribution in [2.75, 3.05) is 0 Å². The van der Waals surface area contributed by atoms with E-state index in [9.17, 15) is 8.42 Å². The first-order valence-electron chi connectivity index (χ1n) is 3.93. The average molecular weight is 250 g/mol. The van der Waals surface area contributed by atoms with Gasteiger partial charge in [0.25, 0.3) is 0 Å². The molecule has 0 aliphatic heterocycles. The van der Waals surface area contributed by atoms with Gasteiger partial charge in [0, 0.05) is 0 Å². The number of hydrogen-bond donors (Lipinski definition) is 3. The molecule has 0 aliphatic rings. The maximum Gasteiger partial charge on any atom is 0.221 e. The zero-order valence-electron chi connectivity index (χ0n) is 7.84. The summed E-state index contributed by atoms with van der Waals surface area (Å²) in [6.07, 6.45) is 0. The standard InChI is InChI=1S/C5H10N6O2S2/c1-3(5(6)14)15(12,13)7-2-4-8-10-11-9-4/h3,7H,2H2,1H3,(H2,6,14)(H,8,9,10,11). The summed E-state index contributed by atoms with van der Waals surface area (Å²) < 4.78 is 25.3. The van der Waals surface area contributed by atoms with Crippen LogP contribution in [0.2, 0.25) is 0 Å². The molecule has 0 aromatic carbocycles. The summed E-state index contributed by atoms with van der Waals surface area (Å²) in [7, 11) is -3.57. The number of hydrogen-bond acceptors (Lipinski definition) is 6. The van der Waals surface area contributed by atoms with Crippen LogP contribution in [0.1, 0.15) is 12.7 Å². The van der Waals surface area contributed by atoms with Crippen LogP contribution in [-0.2, 0) is 16.6 Å². The van der Waals surface area contributed by atoms with Crippen LogP contribution in [-0.4, -0.2) is 39.3 Å². The van der Waals surface area contributed by atoms with Gasteiger partial charge in [0.1, 0.15) is 5.25 Å². The van der Waals surface area contributed by atoms with Gasteiger partial charge in [0.05, 0.1) is 11.5 Å². The first-order valence-corrected chi connectivity index (χ1v) is 5.89. The molecule has 0 amide bonds. The molecule has 4 N–H and O–H groups in total. The van der Waals surface area contributed by atoms with Crippen molar-refractivity contribution in [1.29, 1.82) is 0 Å². The van der Waals surface area contributed by atoms with E-state index in [1.165, 1.54) is 6.92 Å². The van der Waals surface area contributed by atoms with Gasteiger partial charge in [-0.25, -0.2) is 13.1 Å². The molecule has 8 nitrogen and oxygen atoms in total. The second kappa shape index (κ2) is 4.59. The molecule has 0 saturated heterocycles. The fourth-order valence-corrected chi connectivity index (χ4v) is 1.97. The lowest BCUT2D eigenvalue weighted by Crippen LogP contribution is -2.39. The maximum atomic E-state index is 11.5. The van der Waals surface area contributed by atoms with E-state index in [4.69, 9.17) is 5.73 Å². The highest BCUT2D eigenvalue weighted by Crippen LogP contribution is 1.99. The Kier molecular flexibility index (Phi) is 3.66. The number of rotatable bonds is 5. The zero-order chi connectivity index (χ0) is 11.5. The van der Waals surface area contributed by atoms with Crippen LogP contribution in [0.3, 0.4) is 0 Å². The molecule has 0 radical (unpaired) electrons. The molecule has 1 aromatic rings. The van der Waals surface area contributed by atoms with Crippen molar-refractivity contribution in [1.82, 2.24) is 25.3 Å². The Balaban J connectivity index is 2.62. The first-order chi connectivity index (χ1) is 6.93. The van der Waals surface area contributed by atoms with Gasteiger partial charge in [-0.2, -0.15) is 5.21 Å². The van der Waals surface area contributed by atoms with Crippen molar-refractivity contribution in [2.24, 2.45) is 5.73 Å². The molecule has 10 heteroatoms. The van der Waals surface area contributed by atoms with Gasteiger partial charge in [-0.1, -0.05) is 17.4 Å². The topological polar surface area (TPSA) is 127 Å². The van der Waals surface area contributed by atoms with Crippen LogP contribution in [0.4, 0.5) is 0 Å². The highest BCUT2D eigenvalue weighted by atomic mass is 32.2. The summed E-state index contributed by atoms with van der Waals surface area (Å²) in [5, 5.41) is 11.7. The molecule has 1 rings (SSSR count). The van der Waals surface area contributed by atoms with Gasteiger partial charge >= 0.3 is 0 Å². The van der Waals surface area contributed by atoms with Crippen molar-refractivity contribution in [2.45, 2.75) is 18.7 Å². The predicted molar refractivity (Wildman–Crippen MR) is 56.2 cm³/mol. The van der Waals surface area contributed by atoms with E-state index >= 15 is 0 Å². The number of tetrazole rings is 1. The number of nitrogens with zero attached hydrogens (tertiary/aromatic N) is 3. The lowest BCUT2D eigenvalue weighted by Gasteiger charge is -2.10. The fraction of sp³-hybridized carbons (Fsp3) is 0.600. The lowest BCUT2D eigenvalue weighted by atomic mass is 10.5. The maximum absolute atomic E-state index is 11.5. The van der Waals surface area contributed by atoms with E-state index in [2.05, 4.69) is 37.6 Å². The first kappa shape index (κ1) is 11.9. The molecule has 1 heterocycles. The number of sulfonamides is 1. The Labute approximate surface area is 91.7 Å². The minimum atomic E-state index is -3.57. The molecule has 0 aliphatic carbocycles. The molecule has 15 heavy (non-hydrogen) atoms. The minimum absolute atomic E-state index is 0.0498. The van der Waals surface area contributed by atoms with Crippen LogP contribution in [0.25, 0.3) is 0 Å². The lowest BCUT2D eigenvalue weighted by molar-refractivity contribution is 0.576. The van der Waals surface area contributed by atoms with Crippen molar-refractivity contribution < 1.29 is 8.42 Å². The molecule has 84 valence electrons. The Morgan fingerprint density at radius 3 is 2.87 bits per heavy atom. The summed E-state index contributed by atoms with van der Waals surface area (Å²) in [6.45, 7) is 1.35. The summed E-state index contributed by atoms with van der Waals surface area (Å²) in [4.78, 5) is -0.0874. The van der Waals surface area contributed by atoms with Crippen LogP contribution in [0.5, 0.6) is 0 Å². The number of aromatic nitrogens is 4. The Bertz CT molecular complexity index is 426. The Morgan fingerprint density at radius 2 is 2.40 bits per heavy atom. The van der Waals surface area contributed by atoms with E-state index in [0.29, 0.717) is 0 Å². The molecular weight excluding hydrogens is 240 g/mol. The molecular formula is C5H10N6O2S2. The third-order valence-electron chi connectivity index (χ3n) is 1.69. The number of thiocarbonyl (C=S) groups is 1. The zero-order valence-corrected chi connectivity index (χ0v) is 9.47. The van der Waals surface area contributed by atoms with Crippen molar-refractivity contribution >= 4 is 27.2 Å². The van der Waals surface area contributed by atoms with Crippen molar-refractivity contribution in [3.05, 3.63) is 5.82 Å². The molecule has 0 bridgehead atoms. The van der Waals surface area contributed by atoms with Gasteiger partial charge in [0.15, 0.2) is 5.82 Å². The van der Waals surface area contributed by atoms with Crippen LogP contribution in [0.15, 0.2) is 0 Å². The number of nitrogens with two attached hydrogens (primary N) is 1. The fourth-order valence-electron chi connectivity index (χ4n) is 0.700. The van der Waals surface area contributed by atoms with Gasteiger partial charge in [0.2, 0.25) is 10.0 Å². The van der Waals surface area contributed by atoms with Crippen molar-refractivity contribution in [3.63, 3.8) is 0 Å². The van der Waals surface area contributed by atoms with Gasteiger partial charge in [-0.05, 0) is 6.92 Å². The van der Waals surface area contributed by atoms with E-state index in [1.54, 1.807) is 0 Å². The third kappa shape index (κ3) is 3.18. The van der Waals surface area contributed by atoms with Crippen LogP contribution in [0, 0.1) is 0 Å². The monoisotopic (exact) mass is 250 g/mol. The van der Waals surface area contributed by atoms with Crippen LogP contribution < -0.4 is 10.5 Å². The molecule has 1 atom stereocenters. The highest BCUT2D eigenvalue weighted by molar-refractivity contribution is 7.93. The SMILES string of the molecule is CC(C(N)=S)S(=O)(=O)NCc1nn[nH]n1. The van der Waals surface area contributed by atoms with Gasteiger partial charge in [-0.15, -0.1) is 10.2 Å². The molecule has 0 saturated carbocycles. The van der Waals surface area contributed by atoms with E-state index in [1.807, 2.05) is 0 Å². The largest absolute Gasteiger partial charge is 0.392 e. The van der Waals surface area contributed by atoms with Gasteiger partial charge < -0.3 is 5.73 Å². The van der Waals surface area contributed by atoms with E-state index in [-0.39, 0.29) is 17.4 Å². The predicted octanol–water partition coefficient (Wildman–Crippen LogP) is -1.71. The molecule has 1 unspecified atom stereocenters. The van der Waals surface area contributed by atoms with E-state index < -0.39 is 15.3 Å². The number of nitrogens with one attached hydrogen (secondary N) is 2. The van der Waals surface area contributed by atoms with Gasteiger partial charge in [-0.3, -0.25) is 0 Å². The summed E-state index contributed by atoms with van der Waals surface area (Å²) >= 11 is 4.59. The quantitative estimate of drug-likeness (QED) is 0.531. The Morgan fingerprint density at radius 1 is 1.73 bits per heavy atom. The third-order valence-corrected chi connectivity index (χ3v) is 3.92. The number of H-pyrrole nitrogens is 1. The minimum Gasteiger partial charge on any atom is -0.392 e. The smallest absolute Gasteiger partial charge is 0.221 e. The van der Waals surface area contributed by atoms with Crippen molar-refractivity contribution in [3.8, 4) is 0 Å². The second-order valence-corrected chi connectivity index (χ2v) is 5.30. The molecule has 0 spiro atoms. The molecule has 0 fully saturated rings. The van der Waals surface area contributed by atoms with Crippen LogP contribution >= 0.6 is 12.2 Å². The normalized spacial score (nSPS) is 13.7. The highest BCUT2D eigenvalue weighted by Gasteiger charge is 2.23. The number of aromatic amines is 1. The second-order valence-electron chi connectivity index (χ2n) is 2.74. The summed E-state index contributed by atoms with van der Waals surface area (Å²) in [6, 6.07) is 0. The summed E-state index contributed by atoms with van der Waals surface area (Å²) in [5.41, 5.74) is 5.23. The summed E-state index contributed by atoms with van der Waals surface area (Å²) in [5.74, 6) is 0.244. The van der Waals surface area contributed by atoms with E-state index in [0.717, 1.165) is 0 Å². The Hall–Kier alpha value is -1.13.